The average Bonchev–Trinajstić information content (AvgIpc) is 2.49. The summed E-state index contributed by atoms with van der Waals surface area (Å²) in [7, 11) is 0. The first-order valence-corrected chi connectivity index (χ1v) is 7.84. The summed E-state index contributed by atoms with van der Waals surface area (Å²) in [6.45, 7) is 2.18. The summed E-state index contributed by atoms with van der Waals surface area (Å²) in [5, 5.41) is 2.88. The molecule has 0 aliphatic heterocycles. The molecule has 0 aromatic heterocycles. The first kappa shape index (κ1) is 15.6. The van der Waals surface area contributed by atoms with Crippen LogP contribution in [-0.4, -0.2) is 5.91 Å². The van der Waals surface area contributed by atoms with Crippen molar-refractivity contribution in [1.29, 1.82) is 0 Å². The number of unbranched alkanes of at least 4 members (excludes halogenated alkanes) is 1. The molecule has 4 heteroatoms. The van der Waals surface area contributed by atoms with Crippen LogP contribution in [-0.2, 0) is 6.42 Å². The lowest BCUT2D eigenvalue weighted by Gasteiger charge is -2.08. The van der Waals surface area contributed by atoms with E-state index in [1.807, 2.05) is 12.1 Å². The van der Waals surface area contributed by atoms with Crippen LogP contribution in [0, 0.1) is 0 Å². The molecule has 0 aliphatic carbocycles. The number of aryl methyl sites for hydroxylation is 1. The molecule has 3 nitrogen and oxygen atoms in total. The Hall–Kier alpha value is -1.81. The summed E-state index contributed by atoms with van der Waals surface area (Å²) in [6, 6.07) is 13.2. The van der Waals surface area contributed by atoms with Crippen LogP contribution in [0.25, 0.3) is 0 Å². The quantitative estimate of drug-likeness (QED) is 0.775. The Balaban J connectivity index is 2.03. The van der Waals surface area contributed by atoms with Crippen molar-refractivity contribution in [2.45, 2.75) is 26.2 Å². The maximum Gasteiger partial charge on any atom is 0.255 e. The van der Waals surface area contributed by atoms with Crippen molar-refractivity contribution in [2.75, 3.05) is 11.1 Å². The fourth-order valence-corrected chi connectivity index (χ4v) is 2.27. The summed E-state index contributed by atoms with van der Waals surface area (Å²) in [5.74, 6) is -0.157. The highest BCUT2D eigenvalue weighted by molar-refractivity contribution is 9.10. The maximum absolute atomic E-state index is 12.2. The topological polar surface area (TPSA) is 55.1 Å². The van der Waals surface area contributed by atoms with E-state index in [2.05, 4.69) is 40.3 Å². The van der Waals surface area contributed by atoms with Gasteiger partial charge in [0.15, 0.2) is 0 Å². The number of anilines is 2. The number of hydrogen-bond donors (Lipinski definition) is 2. The summed E-state index contributed by atoms with van der Waals surface area (Å²) < 4.78 is 0.791. The highest BCUT2D eigenvalue weighted by atomic mass is 79.9. The van der Waals surface area contributed by atoms with Crippen molar-refractivity contribution in [3.8, 4) is 0 Å². The number of carbonyl (C=O) groups excluding carboxylic acids is 1. The summed E-state index contributed by atoms with van der Waals surface area (Å²) in [4.78, 5) is 12.2. The van der Waals surface area contributed by atoms with Gasteiger partial charge in [0.25, 0.3) is 5.91 Å². The van der Waals surface area contributed by atoms with Crippen molar-refractivity contribution in [3.05, 3.63) is 58.1 Å². The molecule has 1 amide bonds. The molecule has 0 atom stereocenters. The molecule has 0 spiro atoms. The van der Waals surface area contributed by atoms with Crippen LogP contribution >= 0.6 is 15.9 Å². The highest BCUT2D eigenvalue weighted by Crippen LogP contribution is 2.21. The zero-order valence-corrected chi connectivity index (χ0v) is 13.6. The minimum atomic E-state index is -0.157. The van der Waals surface area contributed by atoms with Gasteiger partial charge in [-0.05, 0) is 64.7 Å². The molecule has 2 rings (SSSR count). The smallest absolute Gasteiger partial charge is 0.255 e. The van der Waals surface area contributed by atoms with Crippen LogP contribution in [0.1, 0.15) is 35.7 Å². The molecule has 21 heavy (non-hydrogen) atoms. The monoisotopic (exact) mass is 346 g/mol. The third-order valence-electron chi connectivity index (χ3n) is 3.29. The molecule has 0 fully saturated rings. The third-order valence-corrected chi connectivity index (χ3v) is 4.01. The van der Waals surface area contributed by atoms with E-state index in [4.69, 9.17) is 5.73 Å². The lowest BCUT2D eigenvalue weighted by Crippen LogP contribution is -2.12. The lowest BCUT2D eigenvalue weighted by atomic mass is 10.1. The van der Waals surface area contributed by atoms with E-state index in [0.29, 0.717) is 11.3 Å². The fraction of sp³-hybridized carbons (Fsp3) is 0.235. The minimum Gasteiger partial charge on any atom is -0.398 e. The molecule has 0 unspecified atom stereocenters. The molecular weight excluding hydrogens is 328 g/mol. The van der Waals surface area contributed by atoms with Gasteiger partial charge in [0.2, 0.25) is 0 Å². The van der Waals surface area contributed by atoms with Gasteiger partial charge in [0, 0.05) is 21.4 Å². The molecule has 0 saturated carbocycles. The van der Waals surface area contributed by atoms with Gasteiger partial charge in [0.05, 0.1) is 0 Å². The molecular formula is C17H19BrN2O. The first-order valence-electron chi connectivity index (χ1n) is 7.05. The average molecular weight is 347 g/mol. The summed E-state index contributed by atoms with van der Waals surface area (Å²) in [6.07, 6.45) is 3.45. The number of carbonyl (C=O) groups is 1. The van der Waals surface area contributed by atoms with E-state index >= 15 is 0 Å². The second-order valence-corrected chi connectivity index (χ2v) is 5.85. The highest BCUT2D eigenvalue weighted by Gasteiger charge is 2.07. The van der Waals surface area contributed by atoms with E-state index in [1.54, 1.807) is 18.2 Å². The van der Waals surface area contributed by atoms with Crippen molar-refractivity contribution in [2.24, 2.45) is 0 Å². The van der Waals surface area contributed by atoms with Crippen molar-refractivity contribution < 1.29 is 4.79 Å². The predicted octanol–water partition coefficient (Wildman–Crippen LogP) is 4.63. The van der Waals surface area contributed by atoms with E-state index in [1.165, 1.54) is 18.4 Å². The summed E-state index contributed by atoms with van der Waals surface area (Å²) in [5.41, 5.74) is 8.98. The number of benzene rings is 2. The maximum atomic E-state index is 12.2. The van der Waals surface area contributed by atoms with E-state index in [0.717, 1.165) is 16.6 Å². The van der Waals surface area contributed by atoms with Gasteiger partial charge in [-0.2, -0.15) is 0 Å². The second kappa shape index (κ2) is 7.27. The van der Waals surface area contributed by atoms with Crippen LogP contribution < -0.4 is 11.1 Å². The Morgan fingerprint density at radius 1 is 1.19 bits per heavy atom. The van der Waals surface area contributed by atoms with Crippen LogP contribution in [0.5, 0.6) is 0 Å². The van der Waals surface area contributed by atoms with Crippen LogP contribution in [0.4, 0.5) is 11.4 Å². The molecule has 0 radical (unpaired) electrons. The van der Waals surface area contributed by atoms with Crippen LogP contribution in [0.3, 0.4) is 0 Å². The number of rotatable bonds is 5. The molecule has 0 bridgehead atoms. The Labute approximate surface area is 133 Å². The van der Waals surface area contributed by atoms with Crippen LogP contribution in [0.15, 0.2) is 46.9 Å². The lowest BCUT2D eigenvalue weighted by molar-refractivity contribution is 0.102. The van der Waals surface area contributed by atoms with Gasteiger partial charge < -0.3 is 11.1 Å². The molecule has 2 aromatic carbocycles. The first-order chi connectivity index (χ1) is 10.1. The predicted molar refractivity (Wildman–Crippen MR) is 91.6 cm³/mol. The fourth-order valence-electron chi connectivity index (χ4n) is 2.02. The van der Waals surface area contributed by atoms with Gasteiger partial charge in [-0.1, -0.05) is 25.5 Å². The number of hydrogen-bond acceptors (Lipinski definition) is 2. The standard InChI is InChI=1S/C17H19BrN2O/c1-2-3-4-12-5-8-14(9-6-12)20-17(21)13-7-10-15(18)16(19)11-13/h5-11H,2-4,19H2,1H3,(H,20,21). The van der Waals surface area contributed by atoms with Gasteiger partial charge in [-0.15, -0.1) is 0 Å². The van der Waals surface area contributed by atoms with Gasteiger partial charge in [0.1, 0.15) is 0 Å². The van der Waals surface area contributed by atoms with Crippen molar-refractivity contribution in [1.82, 2.24) is 0 Å². The zero-order valence-electron chi connectivity index (χ0n) is 12.0. The van der Waals surface area contributed by atoms with E-state index in [-0.39, 0.29) is 5.91 Å². The number of nitrogens with one attached hydrogen (secondary N) is 1. The number of nitrogens with two attached hydrogens (primary N) is 1. The van der Waals surface area contributed by atoms with Crippen molar-refractivity contribution in [3.63, 3.8) is 0 Å². The number of amides is 1. The third kappa shape index (κ3) is 4.33. The molecule has 2 aromatic rings. The van der Waals surface area contributed by atoms with Gasteiger partial charge in [-0.3, -0.25) is 4.79 Å². The number of nitrogen functional groups attached to an aromatic ring is 1. The van der Waals surface area contributed by atoms with E-state index in [9.17, 15) is 4.79 Å². The minimum absolute atomic E-state index is 0.157. The Bertz CT molecular complexity index is 623. The molecule has 0 heterocycles. The Morgan fingerprint density at radius 2 is 1.90 bits per heavy atom. The molecule has 0 saturated heterocycles. The molecule has 0 aliphatic rings. The number of halogens is 1. The molecule has 3 N–H and O–H groups in total. The van der Waals surface area contributed by atoms with Crippen LogP contribution in [0.2, 0.25) is 0 Å². The SMILES string of the molecule is CCCCc1ccc(NC(=O)c2ccc(Br)c(N)c2)cc1. The Kier molecular flexibility index (Phi) is 5.39. The normalized spacial score (nSPS) is 10.4. The zero-order chi connectivity index (χ0) is 15.2. The second-order valence-electron chi connectivity index (χ2n) is 4.99. The van der Waals surface area contributed by atoms with Gasteiger partial charge in [-0.25, -0.2) is 0 Å². The largest absolute Gasteiger partial charge is 0.398 e. The van der Waals surface area contributed by atoms with Gasteiger partial charge >= 0.3 is 0 Å². The molecule has 110 valence electrons. The van der Waals surface area contributed by atoms with E-state index < -0.39 is 0 Å². The Morgan fingerprint density at radius 3 is 2.52 bits per heavy atom. The van der Waals surface area contributed by atoms with Crippen molar-refractivity contribution >= 4 is 33.2 Å². The summed E-state index contributed by atoms with van der Waals surface area (Å²) >= 11 is 3.32.